The van der Waals surface area contributed by atoms with Crippen molar-refractivity contribution in [1.29, 1.82) is 0 Å². The van der Waals surface area contributed by atoms with Crippen LogP contribution in [0.1, 0.15) is 20.8 Å². The highest BCUT2D eigenvalue weighted by molar-refractivity contribution is 6.33. The Balaban J connectivity index is 2.62. The Morgan fingerprint density at radius 1 is 1.32 bits per heavy atom. The lowest BCUT2D eigenvalue weighted by Gasteiger charge is -2.21. The summed E-state index contributed by atoms with van der Waals surface area (Å²) in [6, 6.07) is 3.36. The number of carbonyl (C=O) groups excluding carboxylic acids is 2. The van der Waals surface area contributed by atoms with Gasteiger partial charge in [0.05, 0.1) is 17.8 Å². The van der Waals surface area contributed by atoms with Crippen LogP contribution in [0, 0.1) is 5.82 Å². The van der Waals surface area contributed by atoms with Crippen molar-refractivity contribution in [3.63, 3.8) is 0 Å². The lowest BCUT2D eigenvalue weighted by atomic mass is 10.2. The number of amides is 2. The first-order chi connectivity index (χ1) is 10.2. The first-order valence-corrected chi connectivity index (χ1v) is 7.46. The molecule has 0 aromatic heterocycles. The van der Waals surface area contributed by atoms with E-state index in [1.807, 2.05) is 13.8 Å². The van der Waals surface area contributed by atoms with E-state index in [0.717, 1.165) is 11.0 Å². The Labute approximate surface area is 134 Å². The van der Waals surface area contributed by atoms with Crippen LogP contribution in [-0.2, 0) is 9.59 Å². The Bertz CT molecular complexity index is 552. The van der Waals surface area contributed by atoms with Crippen LogP contribution in [0.25, 0.3) is 0 Å². The van der Waals surface area contributed by atoms with E-state index in [4.69, 9.17) is 11.6 Å². The van der Waals surface area contributed by atoms with Crippen LogP contribution < -0.4 is 15.5 Å². The molecule has 0 aliphatic carbocycles. The molecule has 3 N–H and O–H groups in total. The number of nitrogens with one attached hydrogen (secondary N) is 3. The Morgan fingerprint density at radius 3 is 2.50 bits per heavy atom. The Hall–Kier alpha value is -1.66. The summed E-state index contributed by atoms with van der Waals surface area (Å²) in [5.74, 6) is -0.875. The van der Waals surface area contributed by atoms with Gasteiger partial charge >= 0.3 is 0 Å². The molecule has 1 aromatic carbocycles. The van der Waals surface area contributed by atoms with Gasteiger partial charge in [0.15, 0.2) is 12.6 Å². The molecule has 0 radical (unpaired) electrons. The smallest absolute Gasteiger partial charge is 0.282 e. The monoisotopic (exact) mass is 330 g/mol. The third-order valence-corrected chi connectivity index (χ3v) is 3.52. The molecule has 0 bridgehead atoms. The zero-order chi connectivity index (χ0) is 16.9. The molecule has 1 unspecified atom stereocenters. The molecular weight excluding hydrogens is 309 g/mol. The van der Waals surface area contributed by atoms with E-state index in [-0.39, 0.29) is 29.4 Å². The van der Waals surface area contributed by atoms with E-state index >= 15 is 0 Å². The van der Waals surface area contributed by atoms with E-state index in [1.165, 1.54) is 12.1 Å². The van der Waals surface area contributed by atoms with Gasteiger partial charge in [0.2, 0.25) is 0 Å². The standard InChI is InChI=1S/C15H21ClFN3O2/c1-9(2)18-14(21)8-20(4)10(3)15(22)19-13-6-5-11(17)7-12(13)16/h5-7,9-10H,8H2,1-4H3,(H,18,21)(H,19,22)/p+1/t10-/m0/s1. The normalized spacial score (nSPS) is 13.6. The number of anilines is 1. The van der Waals surface area contributed by atoms with Crippen LogP contribution in [0.2, 0.25) is 5.02 Å². The molecular formula is C15H22ClFN3O2+. The summed E-state index contributed by atoms with van der Waals surface area (Å²) >= 11 is 5.87. The number of hydrogen-bond donors (Lipinski definition) is 3. The molecule has 22 heavy (non-hydrogen) atoms. The van der Waals surface area contributed by atoms with Crippen molar-refractivity contribution in [3.05, 3.63) is 29.0 Å². The fraction of sp³-hybridized carbons (Fsp3) is 0.467. The number of benzene rings is 1. The fourth-order valence-corrected chi connectivity index (χ4v) is 2.05. The summed E-state index contributed by atoms with van der Waals surface area (Å²) in [7, 11) is 1.76. The third kappa shape index (κ3) is 5.61. The molecule has 1 rings (SSSR count). The zero-order valence-electron chi connectivity index (χ0n) is 13.2. The molecule has 7 heteroatoms. The van der Waals surface area contributed by atoms with Gasteiger partial charge in [0, 0.05) is 6.04 Å². The van der Waals surface area contributed by atoms with Crippen molar-refractivity contribution in [1.82, 2.24) is 5.32 Å². The molecule has 122 valence electrons. The van der Waals surface area contributed by atoms with E-state index in [1.54, 1.807) is 14.0 Å². The fourth-order valence-electron chi connectivity index (χ4n) is 1.83. The topological polar surface area (TPSA) is 62.6 Å². The van der Waals surface area contributed by atoms with Gasteiger partial charge in [-0.3, -0.25) is 9.59 Å². The summed E-state index contributed by atoms with van der Waals surface area (Å²) in [5.41, 5.74) is 0.347. The van der Waals surface area contributed by atoms with Crippen LogP contribution in [0.15, 0.2) is 18.2 Å². The predicted octanol–water partition coefficient (Wildman–Crippen LogP) is 0.845. The molecule has 1 aromatic rings. The lowest BCUT2D eigenvalue weighted by molar-refractivity contribution is -0.885. The maximum Gasteiger partial charge on any atom is 0.282 e. The molecule has 0 fully saturated rings. The SMILES string of the molecule is CC(C)NC(=O)C[NH+](C)[C@@H](C)C(=O)Nc1ccc(F)cc1Cl. The Morgan fingerprint density at radius 2 is 1.95 bits per heavy atom. The second-order valence-electron chi connectivity index (χ2n) is 5.58. The third-order valence-electron chi connectivity index (χ3n) is 3.21. The van der Waals surface area contributed by atoms with E-state index in [0.29, 0.717) is 5.69 Å². The minimum absolute atomic E-state index is 0.0578. The van der Waals surface area contributed by atoms with Crippen LogP contribution in [0.4, 0.5) is 10.1 Å². The van der Waals surface area contributed by atoms with Crippen LogP contribution in [-0.4, -0.2) is 37.5 Å². The molecule has 0 saturated heterocycles. The summed E-state index contributed by atoms with van der Waals surface area (Å²) in [6.07, 6.45) is 0. The first-order valence-electron chi connectivity index (χ1n) is 7.08. The molecule has 0 spiro atoms. The lowest BCUT2D eigenvalue weighted by Crippen LogP contribution is -3.15. The van der Waals surface area contributed by atoms with Crippen molar-refractivity contribution < 1.29 is 18.9 Å². The van der Waals surface area contributed by atoms with Gasteiger partial charge in [0.1, 0.15) is 5.82 Å². The summed E-state index contributed by atoms with van der Waals surface area (Å²) < 4.78 is 13.0. The average molecular weight is 331 g/mol. The molecule has 2 amide bonds. The van der Waals surface area contributed by atoms with Gasteiger partial charge in [0.25, 0.3) is 11.8 Å². The highest BCUT2D eigenvalue weighted by Gasteiger charge is 2.24. The number of hydrogen-bond acceptors (Lipinski definition) is 2. The summed E-state index contributed by atoms with van der Waals surface area (Å²) in [6.45, 7) is 5.65. The summed E-state index contributed by atoms with van der Waals surface area (Å²) in [5, 5.41) is 5.56. The number of halogens is 2. The second-order valence-corrected chi connectivity index (χ2v) is 5.99. The first kappa shape index (κ1) is 18.4. The maximum absolute atomic E-state index is 13.0. The van der Waals surface area contributed by atoms with Gasteiger partial charge in [-0.05, 0) is 39.0 Å². The van der Waals surface area contributed by atoms with E-state index in [2.05, 4.69) is 10.6 Å². The highest BCUT2D eigenvalue weighted by Crippen LogP contribution is 2.22. The number of likely N-dealkylation sites (N-methyl/N-ethyl adjacent to an activating group) is 1. The van der Waals surface area contributed by atoms with Gasteiger partial charge in [-0.2, -0.15) is 0 Å². The van der Waals surface area contributed by atoms with Gasteiger partial charge < -0.3 is 15.5 Å². The van der Waals surface area contributed by atoms with Crippen molar-refractivity contribution >= 4 is 29.1 Å². The molecule has 0 aliphatic heterocycles. The van der Waals surface area contributed by atoms with Crippen LogP contribution >= 0.6 is 11.6 Å². The molecule has 2 atom stereocenters. The minimum Gasteiger partial charge on any atom is -0.349 e. The van der Waals surface area contributed by atoms with Gasteiger partial charge in [-0.1, -0.05) is 11.6 Å². The highest BCUT2D eigenvalue weighted by atomic mass is 35.5. The predicted molar refractivity (Wildman–Crippen MR) is 84.5 cm³/mol. The molecule has 0 heterocycles. The van der Waals surface area contributed by atoms with Crippen LogP contribution in [0.5, 0.6) is 0 Å². The summed E-state index contributed by atoms with van der Waals surface area (Å²) in [4.78, 5) is 24.6. The molecule has 0 saturated carbocycles. The second kappa shape index (κ2) is 8.10. The largest absolute Gasteiger partial charge is 0.349 e. The number of rotatable bonds is 6. The van der Waals surface area contributed by atoms with E-state index in [9.17, 15) is 14.0 Å². The number of carbonyl (C=O) groups is 2. The van der Waals surface area contributed by atoms with Gasteiger partial charge in [-0.15, -0.1) is 0 Å². The van der Waals surface area contributed by atoms with Crippen molar-refractivity contribution in [2.45, 2.75) is 32.9 Å². The van der Waals surface area contributed by atoms with Crippen molar-refractivity contribution in [3.8, 4) is 0 Å². The van der Waals surface area contributed by atoms with Crippen molar-refractivity contribution in [2.75, 3.05) is 18.9 Å². The van der Waals surface area contributed by atoms with Crippen molar-refractivity contribution in [2.24, 2.45) is 0 Å². The maximum atomic E-state index is 13.0. The van der Waals surface area contributed by atoms with Gasteiger partial charge in [-0.25, -0.2) is 4.39 Å². The Kier molecular flexibility index (Phi) is 6.77. The molecule has 5 nitrogen and oxygen atoms in total. The quantitative estimate of drug-likeness (QED) is 0.724. The van der Waals surface area contributed by atoms with Crippen LogP contribution in [0.3, 0.4) is 0 Å². The number of quaternary nitrogens is 1. The molecule has 0 aliphatic rings. The average Bonchev–Trinajstić information content (AvgIpc) is 2.39. The van der Waals surface area contributed by atoms with E-state index < -0.39 is 11.9 Å². The zero-order valence-corrected chi connectivity index (χ0v) is 13.9. The minimum atomic E-state index is -0.468.